The Bertz CT molecular complexity index is 986. The number of carbonyl (C=O) groups is 1. The lowest BCUT2D eigenvalue weighted by atomic mass is 9.99. The standard InChI is InChI=1S/C21H25N3O3S/c1-13-6-8-24(9-7-13)11-15-12-28-21(22-15)23-20(25)19-14(2)17-10-16(26-3)4-5-18(17)27-19/h4-5,10,12-13H,6-9,11H2,1-3H3,(H,22,23,25). The Kier molecular flexibility index (Phi) is 5.37. The number of rotatable bonds is 5. The van der Waals surface area contributed by atoms with Crippen LogP contribution in [0.2, 0.25) is 0 Å². The van der Waals surface area contributed by atoms with E-state index in [4.69, 9.17) is 9.15 Å². The quantitative estimate of drug-likeness (QED) is 0.674. The van der Waals surface area contributed by atoms with Crippen LogP contribution in [0.25, 0.3) is 11.0 Å². The van der Waals surface area contributed by atoms with E-state index >= 15 is 0 Å². The van der Waals surface area contributed by atoms with Crippen LogP contribution in [-0.4, -0.2) is 36.0 Å². The van der Waals surface area contributed by atoms with Crippen molar-refractivity contribution >= 4 is 33.3 Å². The third-order valence-corrected chi connectivity index (χ3v) is 6.19. The Morgan fingerprint density at radius 2 is 2.18 bits per heavy atom. The molecule has 1 aliphatic heterocycles. The smallest absolute Gasteiger partial charge is 0.293 e. The van der Waals surface area contributed by atoms with Crippen LogP contribution in [0.4, 0.5) is 5.13 Å². The van der Waals surface area contributed by atoms with Crippen LogP contribution in [0.5, 0.6) is 5.75 Å². The summed E-state index contributed by atoms with van der Waals surface area (Å²) in [6.07, 6.45) is 2.48. The van der Waals surface area contributed by atoms with E-state index in [0.717, 1.165) is 47.9 Å². The van der Waals surface area contributed by atoms with Gasteiger partial charge in [0.15, 0.2) is 10.9 Å². The molecule has 28 heavy (non-hydrogen) atoms. The van der Waals surface area contributed by atoms with Crippen molar-refractivity contribution in [1.29, 1.82) is 0 Å². The summed E-state index contributed by atoms with van der Waals surface area (Å²) in [6, 6.07) is 5.52. The normalized spacial score (nSPS) is 15.8. The number of thiazole rings is 1. The number of aryl methyl sites for hydroxylation is 1. The van der Waals surface area contributed by atoms with E-state index in [1.807, 2.05) is 30.5 Å². The van der Waals surface area contributed by atoms with E-state index in [0.29, 0.717) is 16.5 Å². The molecule has 1 amide bonds. The van der Waals surface area contributed by atoms with Gasteiger partial charge in [-0.1, -0.05) is 6.92 Å². The molecule has 3 aromatic rings. The van der Waals surface area contributed by atoms with Gasteiger partial charge < -0.3 is 9.15 Å². The number of aromatic nitrogens is 1. The number of likely N-dealkylation sites (tertiary alicyclic amines) is 1. The molecule has 1 saturated heterocycles. The zero-order valence-electron chi connectivity index (χ0n) is 16.4. The maximum atomic E-state index is 12.7. The summed E-state index contributed by atoms with van der Waals surface area (Å²) in [4.78, 5) is 19.7. The van der Waals surface area contributed by atoms with Crippen molar-refractivity contribution < 1.29 is 13.9 Å². The van der Waals surface area contributed by atoms with Crippen LogP contribution in [0.3, 0.4) is 0 Å². The van der Waals surface area contributed by atoms with Crippen molar-refractivity contribution in [2.24, 2.45) is 5.92 Å². The Hall–Kier alpha value is -2.38. The first-order valence-corrected chi connectivity index (χ1v) is 10.5. The van der Waals surface area contributed by atoms with E-state index in [1.54, 1.807) is 7.11 Å². The molecule has 0 aliphatic carbocycles. The molecule has 0 unspecified atom stereocenters. The lowest BCUT2D eigenvalue weighted by Gasteiger charge is -2.29. The van der Waals surface area contributed by atoms with Crippen LogP contribution in [0.15, 0.2) is 28.0 Å². The number of amides is 1. The van der Waals surface area contributed by atoms with Gasteiger partial charge in [0, 0.05) is 22.9 Å². The molecular formula is C21H25N3O3S. The largest absolute Gasteiger partial charge is 0.497 e. The second kappa shape index (κ2) is 7.93. The topological polar surface area (TPSA) is 67.6 Å². The monoisotopic (exact) mass is 399 g/mol. The molecule has 0 saturated carbocycles. The summed E-state index contributed by atoms with van der Waals surface area (Å²) in [5, 5.41) is 6.37. The van der Waals surface area contributed by atoms with Crippen LogP contribution >= 0.6 is 11.3 Å². The lowest BCUT2D eigenvalue weighted by molar-refractivity contribution is 0.0998. The number of fused-ring (bicyclic) bond motifs is 1. The van der Waals surface area contributed by atoms with E-state index < -0.39 is 0 Å². The van der Waals surface area contributed by atoms with Crippen LogP contribution in [-0.2, 0) is 6.54 Å². The molecule has 7 heteroatoms. The van der Waals surface area contributed by atoms with Crippen molar-refractivity contribution in [2.45, 2.75) is 33.2 Å². The van der Waals surface area contributed by atoms with Gasteiger partial charge in [-0.2, -0.15) is 0 Å². The molecule has 6 nitrogen and oxygen atoms in total. The van der Waals surface area contributed by atoms with Crippen molar-refractivity contribution in [3.8, 4) is 5.75 Å². The first-order valence-electron chi connectivity index (χ1n) is 9.58. The summed E-state index contributed by atoms with van der Waals surface area (Å²) in [6.45, 7) is 7.25. The minimum Gasteiger partial charge on any atom is -0.497 e. The van der Waals surface area contributed by atoms with E-state index in [2.05, 4.69) is 22.1 Å². The number of ether oxygens (including phenoxy) is 1. The van der Waals surface area contributed by atoms with Crippen molar-refractivity contribution in [3.63, 3.8) is 0 Å². The van der Waals surface area contributed by atoms with Gasteiger partial charge in [0.05, 0.1) is 12.8 Å². The third kappa shape index (κ3) is 3.91. The number of furan rings is 1. The minimum absolute atomic E-state index is 0.277. The minimum atomic E-state index is -0.277. The highest BCUT2D eigenvalue weighted by atomic mass is 32.1. The van der Waals surface area contributed by atoms with Crippen molar-refractivity contribution in [1.82, 2.24) is 9.88 Å². The molecule has 0 bridgehead atoms. The molecule has 2 aromatic heterocycles. The number of benzene rings is 1. The molecule has 1 aromatic carbocycles. The number of anilines is 1. The highest BCUT2D eigenvalue weighted by molar-refractivity contribution is 7.13. The number of methoxy groups -OCH3 is 1. The van der Waals surface area contributed by atoms with E-state index in [9.17, 15) is 4.79 Å². The van der Waals surface area contributed by atoms with Crippen molar-refractivity contribution in [2.75, 3.05) is 25.5 Å². The van der Waals surface area contributed by atoms with Crippen LogP contribution in [0.1, 0.15) is 41.6 Å². The zero-order valence-corrected chi connectivity index (χ0v) is 17.3. The first kappa shape index (κ1) is 19.0. The number of hydrogen-bond acceptors (Lipinski definition) is 6. The molecule has 3 heterocycles. The summed E-state index contributed by atoms with van der Waals surface area (Å²) in [7, 11) is 1.62. The summed E-state index contributed by atoms with van der Waals surface area (Å²) >= 11 is 1.45. The zero-order chi connectivity index (χ0) is 19.7. The second-order valence-corrected chi connectivity index (χ2v) is 8.33. The number of hydrogen-bond donors (Lipinski definition) is 1. The highest BCUT2D eigenvalue weighted by Crippen LogP contribution is 2.29. The van der Waals surface area contributed by atoms with Crippen LogP contribution < -0.4 is 10.1 Å². The third-order valence-electron chi connectivity index (χ3n) is 5.38. The fraction of sp³-hybridized carbons (Fsp3) is 0.429. The van der Waals surface area contributed by atoms with Crippen molar-refractivity contribution in [3.05, 3.63) is 40.6 Å². The Labute approximate surface area is 168 Å². The first-order chi connectivity index (χ1) is 13.5. The SMILES string of the molecule is COc1ccc2oc(C(=O)Nc3nc(CN4CCC(C)CC4)cs3)c(C)c2c1. The molecule has 1 N–H and O–H groups in total. The summed E-state index contributed by atoms with van der Waals surface area (Å²) in [5.74, 6) is 1.58. The average molecular weight is 400 g/mol. The Balaban J connectivity index is 1.45. The number of nitrogens with one attached hydrogen (secondary N) is 1. The summed E-state index contributed by atoms with van der Waals surface area (Å²) < 4.78 is 11.0. The second-order valence-electron chi connectivity index (χ2n) is 7.48. The predicted molar refractivity (Wildman–Crippen MR) is 111 cm³/mol. The summed E-state index contributed by atoms with van der Waals surface area (Å²) in [5.41, 5.74) is 2.47. The molecular weight excluding hydrogens is 374 g/mol. The van der Waals surface area contributed by atoms with Gasteiger partial charge in [-0.05, 0) is 57.0 Å². The lowest BCUT2D eigenvalue weighted by Crippen LogP contribution is -2.32. The van der Waals surface area contributed by atoms with Gasteiger partial charge in [-0.15, -0.1) is 11.3 Å². The number of nitrogens with zero attached hydrogens (tertiary/aromatic N) is 2. The van der Waals surface area contributed by atoms with Gasteiger partial charge >= 0.3 is 0 Å². The molecule has 0 atom stereocenters. The number of carbonyl (C=O) groups excluding carboxylic acids is 1. The van der Waals surface area contributed by atoms with E-state index in [-0.39, 0.29) is 5.91 Å². The van der Waals surface area contributed by atoms with Gasteiger partial charge in [0.25, 0.3) is 5.91 Å². The molecule has 4 rings (SSSR count). The van der Waals surface area contributed by atoms with Crippen LogP contribution in [0, 0.1) is 12.8 Å². The average Bonchev–Trinajstić information content (AvgIpc) is 3.27. The molecule has 0 radical (unpaired) electrons. The Morgan fingerprint density at radius 1 is 1.39 bits per heavy atom. The molecule has 1 fully saturated rings. The maximum absolute atomic E-state index is 12.7. The Morgan fingerprint density at radius 3 is 2.93 bits per heavy atom. The maximum Gasteiger partial charge on any atom is 0.293 e. The van der Waals surface area contributed by atoms with Gasteiger partial charge in [0.1, 0.15) is 11.3 Å². The highest BCUT2D eigenvalue weighted by Gasteiger charge is 2.20. The molecule has 1 aliphatic rings. The number of piperidine rings is 1. The fourth-order valence-electron chi connectivity index (χ4n) is 3.58. The molecule has 0 spiro atoms. The molecule has 148 valence electrons. The van der Waals surface area contributed by atoms with E-state index in [1.165, 1.54) is 24.2 Å². The fourth-order valence-corrected chi connectivity index (χ4v) is 4.28. The van der Waals surface area contributed by atoms with Gasteiger partial charge in [0.2, 0.25) is 0 Å². The van der Waals surface area contributed by atoms with Gasteiger partial charge in [-0.3, -0.25) is 15.0 Å². The predicted octanol–water partition coefficient (Wildman–Crippen LogP) is 4.69. The van der Waals surface area contributed by atoms with Gasteiger partial charge in [-0.25, -0.2) is 4.98 Å².